The van der Waals surface area contributed by atoms with Gasteiger partial charge in [0.1, 0.15) is 11.5 Å². The van der Waals surface area contributed by atoms with Crippen molar-refractivity contribution in [2.24, 2.45) is 0 Å². The summed E-state index contributed by atoms with van der Waals surface area (Å²) < 4.78 is 10.6. The lowest BCUT2D eigenvalue weighted by Gasteiger charge is -2.18. The summed E-state index contributed by atoms with van der Waals surface area (Å²) in [4.78, 5) is 24.3. The van der Waals surface area contributed by atoms with Crippen LogP contribution in [0.15, 0.2) is 42.5 Å². The van der Waals surface area contributed by atoms with Gasteiger partial charge in [0, 0.05) is 11.1 Å². The van der Waals surface area contributed by atoms with E-state index in [9.17, 15) is 9.59 Å². The third-order valence-electron chi connectivity index (χ3n) is 3.97. The van der Waals surface area contributed by atoms with Gasteiger partial charge < -0.3 is 20.1 Å². The second kappa shape index (κ2) is 8.89. The Bertz CT molecular complexity index is 789. The Labute approximate surface area is 153 Å². The van der Waals surface area contributed by atoms with Gasteiger partial charge >= 0.3 is 0 Å². The summed E-state index contributed by atoms with van der Waals surface area (Å²) in [6.07, 6.45) is 0. The molecule has 0 saturated carbocycles. The lowest BCUT2D eigenvalue weighted by atomic mass is 10.1. The maximum absolute atomic E-state index is 12.2. The lowest BCUT2D eigenvalue weighted by molar-refractivity contribution is -0.120. The standard InChI is InChI=1S/C20H24N2O4/c1-13-6-5-7-15(10-13)20(24)21-12-19(23)22-14(2)17-11-16(25-3)8-9-18(17)26-4/h5-11,14H,12H2,1-4H3,(H,21,24)(H,22,23)/t14-/m0/s1. The molecule has 0 unspecified atom stereocenters. The fraction of sp³-hybridized carbons (Fsp3) is 0.300. The molecule has 2 amide bonds. The van der Waals surface area contributed by atoms with Gasteiger partial charge in [-0.1, -0.05) is 17.7 Å². The van der Waals surface area contributed by atoms with Gasteiger partial charge in [0.15, 0.2) is 0 Å². The zero-order chi connectivity index (χ0) is 19.1. The molecule has 6 heteroatoms. The Kier molecular flexibility index (Phi) is 6.60. The minimum Gasteiger partial charge on any atom is -0.497 e. The molecule has 1 atom stereocenters. The minimum absolute atomic E-state index is 0.108. The van der Waals surface area contributed by atoms with Gasteiger partial charge in [-0.05, 0) is 44.2 Å². The molecule has 2 N–H and O–H groups in total. The Morgan fingerprint density at radius 1 is 1.08 bits per heavy atom. The van der Waals surface area contributed by atoms with E-state index in [1.165, 1.54) is 0 Å². The van der Waals surface area contributed by atoms with E-state index < -0.39 is 0 Å². The first-order chi connectivity index (χ1) is 12.4. The highest BCUT2D eigenvalue weighted by atomic mass is 16.5. The van der Waals surface area contributed by atoms with Crippen molar-refractivity contribution < 1.29 is 19.1 Å². The molecule has 0 bridgehead atoms. The van der Waals surface area contributed by atoms with Crippen LogP contribution in [0, 0.1) is 6.92 Å². The first-order valence-electron chi connectivity index (χ1n) is 8.30. The van der Waals surface area contributed by atoms with E-state index in [4.69, 9.17) is 9.47 Å². The number of methoxy groups -OCH3 is 2. The van der Waals surface area contributed by atoms with E-state index in [-0.39, 0.29) is 24.4 Å². The average molecular weight is 356 g/mol. The number of amides is 2. The molecule has 2 aromatic carbocycles. The fourth-order valence-electron chi connectivity index (χ4n) is 2.60. The number of hydrogen-bond acceptors (Lipinski definition) is 4. The van der Waals surface area contributed by atoms with E-state index in [2.05, 4.69) is 10.6 Å². The molecule has 0 aromatic heterocycles. The fourth-order valence-corrected chi connectivity index (χ4v) is 2.60. The van der Waals surface area contributed by atoms with Crippen LogP contribution in [0.5, 0.6) is 11.5 Å². The molecule has 138 valence electrons. The zero-order valence-corrected chi connectivity index (χ0v) is 15.5. The summed E-state index contributed by atoms with van der Waals surface area (Å²) in [5.41, 5.74) is 2.31. The number of ether oxygens (including phenoxy) is 2. The minimum atomic E-state index is -0.302. The third kappa shape index (κ3) is 4.99. The van der Waals surface area contributed by atoms with Gasteiger partial charge in [-0.25, -0.2) is 0 Å². The molecular weight excluding hydrogens is 332 g/mol. The van der Waals surface area contributed by atoms with Crippen LogP contribution in [0.1, 0.15) is 34.5 Å². The van der Waals surface area contributed by atoms with Crippen LogP contribution in [0.3, 0.4) is 0 Å². The van der Waals surface area contributed by atoms with Crippen molar-refractivity contribution in [3.8, 4) is 11.5 Å². The molecule has 0 saturated heterocycles. The second-order valence-corrected chi connectivity index (χ2v) is 5.95. The molecule has 2 rings (SSSR count). The molecule has 0 aliphatic rings. The number of hydrogen-bond donors (Lipinski definition) is 2. The summed E-state index contributed by atoms with van der Waals surface area (Å²) >= 11 is 0. The van der Waals surface area contributed by atoms with Crippen LogP contribution in [0.25, 0.3) is 0 Å². The lowest BCUT2D eigenvalue weighted by Crippen LogP contribution is -2.38. The van der Waals surface area contributed by atoms with Crippen molar-refractivity contribution >= 4 is 11.8 Å². The van der Waals surface area contributed by atoms with Gasteiger partial charge in [-0.2, -0.15) is 0 Å². The van der Waals surface area contributed by atoms with E-state index in [1.54, 1.807) is 38.5 Å². The highest BCUT2D eigenvalue weighted by molar-refractivity contribution is 5.96. The van der Waals surface area contributed by atoms with Crippen LogP contribution < -0.4 is 20.1 Å². The topological polar surface area (TPSA) is 76.7 Å². The molecule has 2 aromatic rings. The summed E-state index contributed by atoms with van der Waals surface area (Å²) in [5.74, 6) is 0.760. The summed E-state index contributed by atoms with van der Waals surface area (Å²) in [5, 5.41) is 5.48. The van der Waals surface area contributed by atoms with Crippen molar-refractivity contribution in [1.29, 1.82) is 0 Å². The van der Waals surface area contributed by atoms with E-state index in [0.717, 1.165) is 11.1 Å². The molecule has 0 spiro atoms. The van der Waals surface area contributed by atoms with Gasteiger partial charge in [0.05, 0.1) is 26.8 Å². The summed E-state index contributed by atoms with van der Waals surface area (Å²) in [6, 6.07) is 12.3. The van der Waals surface area contributed by atoms with Crippen molar-refractivity contribution in [3.63, 3.8) is 0 Å². The zero-order valence-electron chi connectivity index (χ0n) is 15.5. The average Bonchev–Trinajstić information content (AvgIpc) is 2.65. The number of rotatable bonds is 7. The van der Waals surface area contributed by atoms with E-state index in [0.29, 0.717) is 17.1 Å². The van der Waals surface area contributed by atoms with E-state index >= 15 is 0 Å². The Morgan fingerprint density at radius 3 is 2.50 bits per heavy atom. The highest BCUT2D eigenvalue weighted by Crippen LogP contribution is 2.29. The van der Waals surface area contributed by atoms with Crippen molar-refractivity contribution in [1.82, 2.24) is 10.6 Å². The molecule has 0 aliphatic carbocycles. The molecular formula is C20H24N2O4. The Morgan fingerprint density at radius 2 is 1.85 bits per heavy atom. The predicted octanol–water partition coefficient (Wildman–Crippen LogP) is 2.62. The van der Waals surface area contributed by atoms with Gasteiger partial charge in [-0.3, -0.25) is 9.59 Å². The van der Waals surface area contributed by atoms with Crippen LogP contribution in [0.4, 0.5) is 0 Å². The SMILES string of the molecule is COc1ccc(OC)c([C@H](C)NC(=O)CNC(=O)c2cccc(C)c2)c1. The van der Waals surface area contributed by atoms with Crippen LogP contribution >= 0.6 is 0 Å². The van der Waals surface area contributed by atoms with E-state index in [1.807, 2.05) is 32.0 Å². The maximum atomic E-state index is 12.2. The molecule has 6 nitrogen and oxygen atoms in total. The van der Waals surface area contributed by atoms with Crippen LogP contribution in [-0.4, -0.2) is 32.6 Å². The normalized spacial score (nSPS) is 11.4. The maximum Gasteiger partial charge on any atom is 0.251 e. The number of aryl methyl sites for hydroxylation is 1. The van der Waals surface area contributed by atoms with Gasteiger partial charge in [0.25, 0.3) is 5.91 Å². The van der Waals surface area contributed by atoms with Gasteiger partial charge in [0.2, 0.25) is 5.91 Å². The molecule has 26 heavy (non-hydrogen) atoms. The molecule has 0 aliphatic heterocycles. The number of nitrogens with one attached hydrogen (secondary N) is 2. The summed E-state index contributed by atoms with van der Waals surface area (Å²) in [6.45, 7) is 3.65. The quantitative estimate of drug-likeness (QED) is 0.800. The predicted molar refractivity (Wildman–Crippen MR) is 99.6 cm³/mol. The monoisotopic (exact) mass is 356 g/mol. The number of carbonyl (C=O) groups excluding carboxylic acids is 2. The largest absolute Gasteiger partial charge is 0.497 e. The Balaban J connectivity index is 1.96. The highest BCUT2D eigenvalue weighted by Gasteiger charge is 2.16. The van der Waals surface area contributed by atoms with Crippen molar-refractivity contribution in [2.75, 3.05) is 20.8 Å². The van der Waals surface area contributed by atoms with Crippen molar-refractivity contribution in [3.05, 3.63) is 59.2 Å². The van der Waals surface area contributed by atoms with Gasteiger partial charge in [-0.15, -0.1) is 0 Å². The number of benzene rings is 2. The molecule has 0 fully saturated rings. The third-order valence-corrected chi connectivity index (χ3v) is 3.97. The Hall–Kier alpha value is -3.02. The van der Waals surface area contributed by atoms with Crippen LogP contribution in [-0.2, 0) is 4.79 Å². The smallest absolute Gasteiger partial charge is 0.251 e. The second-order valence-electron chi connectivity index (χ2n) is 5.95. The molecule has 0 radical (unpaired) electrons. The number of carbonyl (C=O) groups is 2. The van der Waals surface area contributed by atoms with Crippen LogP contribution in [0.2, 0.25) is 0 Å². The first-order valence-corrected chi connectivity index (χ1v) is 8.30. The molecule has 0 heterocycles. The first kappa shape index (κ1) is 19.3. The van der Waals surface area contributed by atoms with Crippen molar-refractivity contribution in [2.45, 2.75) is 19.9 Å². The summed E-state index contributed by atoms with van der Waals surface area (Å²) in [7, 11) is 3.15.